The van der Waals surface area contributed by atoms with Gasteiger partial charge >= 0.3 is 6.16 Å². The maximum absolute atomic E-state index is 13.3. The summed E-state index contributed by atoms with van der Waals surface area (Å²) in [6, 6.07) is 7.24. The second-order valence-electron chi connectivity index (χ2n) is 7.69. The van der Waals surface area contributed by atoms with Crippen molar-refractivity contribution in [2.45, 2.75) is 37.5 Å². The minimum absolute atomic E-state index is 0.113. The van der Waals surface area contributed by atoms with Crippen LogP contribution in [0.2, 0.25) is 0 Å². The molecular formula is C20H24N2O6. The SMILES string of the molecule is Cc1ccccc1[C@@H]1[C@@H](C(=O)N2CCC3(CC2)COC(=O)O3)OCC(=O)N1C. The van der Waals surface area contributed by atoms with Crippen LogP contribution in [-0.4, -0.2) is 72.8 Å². The topological polar surface area (TPSA) is 85.4 Å². The van der Waals surface area contributed by atoms with Crippen molar-refractivity contribution in [1.82, 2.24) is 9.80 Å². The minimum Gasteiger partial charge on any atom is -0.430 e. The zero-order chi connectivity index (χ0) is 19.9. The van der Waals surface area contributed by atoms with E-state index in [-0.39, 0.29) is 25.0 Å². The summed E-state index contributed by atoms with van der Waals surface area (Å²) >= 11 is 0. The van der Waals surface area contributed by atoms with Crippen molar-refractivity contribution >= 4 is 18.0 Å². The number of cyclic esters (lactones) is 1. The Morgan fingerprint density at radius 3 is 2.54 bits per heavy atom. The van der Waals surface area contributed by atoms with Crippen LogP contribution >= 0.6 is 0 Å². The molecule has 1 aromatic carbocycles. The van der Waals surface area contributed by atoms with E-state index >= 15 is 0 Å². The monoisotopic (exact) mass is 388 g/mol. The van der Waals surface area contributed by atoms with Crippen molar-refractivity contribution in [2.75, 3.05) is 33.4 Å². The molecule has 0 aromatic heterocycles. The highest BCUT2D eigenvalue weighted by atomic mass is 16.8. The quantitative estimate of drug-likeness (QED) is 0.713. The lowest BCUT2D eigenvalue weighted by molar-refractivity contribution is -0.169. The average Bonchev–Trinajstić information content (AvgIpc) is 3.05. The standard InChI is InChI=1S/C20H24N2O6/c1-13-5-3-4-6-14(13)16-17(26-11-15(23)21(16)2)18(24)22-9-7-20(8-10-22)12-27-19(25)28-20/h3-6,16-17H,7-12H2,1-2H3/t16-,17+/m1/s1. The first-order valence-electron chi connectivity index (χ1n) is 9.48. The number of hydrogen-bond donors (Lipinski definition) is 0. The molecule has 0 N–H and O–H groups in total. The highest BCUT2D eigenvalue weighted by Crippen LogP contribution is 2.35. The Kier molecular flexibility index (Phi) is 4.74. The normalized spacial score (nSPS) is 26.9. The molecular weight excluding hydrogens is 364 g/mol. The van der Waals surface area contributed by atoms with Crippen LogP contribution < -0.4 is 0 Å². The van der Waals surface area contributed by atoms with E-state index < -0.39 is 23.9 Å². The Hall–Kier alpha value is -2.61. The molecule has 1 spiro atoms. The summed E-state index contributed by atoms with van der Waals surface area (Å²) in [7, 11) is 1.71. The second-order valence-corrected chi connectivity index (χ2v) is 7.69. The van der Waals surface area contributed by atoms with Crippen molar-refractivity contribution in [3.05, 3.63) is 35.4 Å². The highest BCUT2D eigenvalue weighted by Gasteiger charge is 2.48. The Labute approximate surface area is 163 Å². The van der Waals surface area contributed by atoms with Gasteiger partial charge < -0.3 is 24.0 Å². The van der Waals surface area contributed by atoms with Crippen molar-refractivity contribution < 1.29 is 28.6 Å². The van der Waals surface area contributed by atoms with E-state index in [1.54, 1.807) is 16.8 Å². The van der Waals surface area contributed by atoms with E-state index in [4.69, 9.17) is 14.2 Å². The summed E-state index contributed by atoms with van der Waals surface area (Å²) in [5, 5.41) is 0. The predicted octanol–water partition coefficient (Wildman–Crippen LogP) is 1.42. The van der Waals surface area contributed by atoms with Gasteiger partial charge in [0.05, 0.1) is 6.04 Å². The minimum atomic E-state index is -0.764. The number of amides is 2. The molecule has 0 bridgehead atoms. The number of benzene rings is 1. The van der Waals surface area contributed by atoms with Crippen molar-refractivity contribution in [3.63, 3.8) is 0 Å². The summed E-state index contributed by atoms with van der Waals surface area (Å²) in [6.07, 6.45) is -0.350. The molecule has 3 fully saturated rings. The number of morpholine rings is 1. The predicted molar refractivity (Wildman–Crippen MR) is 97.4 cm³/mol. The molecule has 8 nitrogen and oxygen atoms in total. The Morgan fingerprint density at radius 2 is 1.89 bits per heavy atom. The van der Waals surface area contributed by atoms with Crippen LogP contribution in [0.15, 0.2) is 24.3 Å². The van der Waals surface area contributed by atoms with Gasteiger partial charge in [-0.2, -0.15) is 0 Å². The molecule has 0 unspecified atom stereocenters. The molecule has 0 radical (unpaired) electrons. The van der Waals surface area contributed by atoms with Crippen LogP contribution in [0, 0.1) is 6.92 Å². The number of piperidine rings is 1. The van der Waals surface area contributed by atoms with Gasteiger partial charge in [-0.3, -0.25) is 9.59 Å². The van der Waals surface area contributed by atoms with Gasteiger partial charge in [-0.05, 0) is 18.1 Å². The van der Waals surface area contributed by atoms with Gasteiger partial charge in [0.25, 0.3) is 5.91 Å². The van der Waals surface area contributed by atoms with E-state index in [9.17, 15) is 14.4 Å². The third-order valence-corrected chi connectivity index (χ3v) is 5.97. The van der Waals surface area contributed by atoms with Gasteiger partial charge in [0.1, 0.15) is 13.2 Å². The molecule has 3 aliphatic heterocycles. The number of hydrogen-bond acceptors (Lipinski definition) is 6. The van der Waals surface area contributed by atoms with Gasteiger partial charge in [0.2, 0.25) is 5.91 Å². The third-order valence-electron chi connectivity index (χ3n) is 5.97. The van der Waals surface area contributed by atoms with Gasteiger partial charge in [-0.25, -0.2) is 4.79 Å². The van der Waals surface area contributed by atoms with Gasteiger partial charge in [-0.15, -0.1) is 0 Å². The van der Waals surface area contributed by atoms with Crippen LogP contribution in [0.25, 0.3) is 0 Å². The number of aryl methyl sites for hydroxylation is 1. The molecule has 0 saturated carbocycles. The smallest absolute Gasteiger partial charge is 0.430 e. The number of rotatable bonds is 2. The van der Waals surface area contributed by atoms with Gasteiger partial charge in [-0.1, -0.05) is 24.3 Å². The van der Waals surface area contributed by atoms with Crippen LogP contribution in [0.1, 0.15) is 30.0 Å². The van der Waals surface area contributed by atoms with Crippen LogP contribution in [0.5, 0.6) is 0 Å². The van der Waals surface area contributed by atoms with Crippen molar-refractivity contribution in [1.29, 1.82) is 0 Å². The fraction of sp³-hybridized carbons (Fsp3) is 0.550. The molecule has 2 atom stereocenters. The van der Waals surface area contributed by atoms with Crippen molar-refractivity contribution in [2.24, 2.45) is 0 Å². The summed E-state index contributed by atoms with van der Waals surface area (Å²) in [4.78, 5) is 40.2. The highest BCUT2D eigenvalue weighted by molar-refractivity contribution is 5.86. The Morgan fingerprint density at radius 1 is 1.18 bits per heavy atom. The van der Waals surface area contributed by atoms with Gasteiger partial charge in [0.15, 0.2) is 11.7 Å². The van der Waals surface area contributed by atoms with E-state index in [1.165, 1.54) is 0 Å². The summed E-state index contributed by atoms with van der Waals surface area (Å²) in [6.45, 7) is 2.99. The van der Waals surface area contributed by atoms with E-state index in [2.05, 4.69) is 0 Å². The molecule has 28 heavy (non-hydrogen) atoms. The van der Waals surface area contributed by atoms with Gasteiger partial charge in [0, 0.05) is 33.0 Å². The average molecular weight is 388 g/mol. The summed E-state index contributed by atoms with van der Waals surface area (Å²) < 4.78 is 16.0. The van der Waals surface area contributed by atoms with Crippen LogP contribution in [-0.2, 0) is 23.8 Å². The lowest BCUT2D eigenvalue weighted by Crippen LogP contribution is -2.56. The zero-order valence-corrected chi connectivity index (χ0v) is 16.1. The number of nitrogens with zero attached hydrogens (tertiary/aromatic N) is 2. The molecule has 3 saturated heterocycles. The number of ether oxygens (including phenoxy) is 3. The summed E-state index contributed by atoms with van der Waals surface area (Å²) in [5.41, 5.74) is 1.29. The third kappa shape index (κ3) is 3.22. The molecule has 3 aliphatic rings. The largest absolute Gasteiger partial charge is 0.509 e. The first-order chi connectivity index (χ1) is 13.4. The van der Waals surface area contributed by atoms with E-state index in [0.717, 1.165) is 11.1 Å². The Balaban J connectivity index is 1.53. The first-order valence-corrected chi connectivity index (χ1v) is 9.48. The second kappa shape index (κ2) is 7.09. The van der Waals surface area contributed by atoms with Crippen molar-refractivity contribution in [3.8, 4) is 0 Å². The fourth-order valence-electron chi connectivity index (χ4n) is 4.20. The fourth-order valence-corrected chi connectivity index (χ4v) is 4.20. The van der Waals surface area contributed by atoms with E-state index in [0.29, 0.717) is 25.9 Å². The molecule has 3 heterocycles. The number of likely N-dealkylation sites (tertiary alicyclic amines) is 1. The van der Waals surface area contributed by atoms with Crippen LogP contribution in [0.3, 0.4) is 0 Å². The maximum atomic E-state index is 13.3. The molecule has 150 valence electrons. The molecule has 8 heteroatoms. The number of carbonyl (C=O) groups excluding carboxylic acids is 3. The molecule has 1 aromatic rings. The van der Waals surface area contributed by atoms with E-state index in [1.807, 2.05) is 31.2 Å². The zero-order valence-electron chi connectivity index (χ0n) is 16.1. The Bertz CT molecular complexity index is 802. The lowest BCUT2D eigenvalue weighted by Gasteiger charge is -2.43. The van der Waals surface area contributed by atoms with Crippen LogP contribution in [0.4, 0.5) is 4.79 Å². The molecule has 0 aliphatic carbocycles. The molecule has 2 amide bonds. The lowest BCUT2D eigenvalue weighted by atomic mass is 9.90. The maximum Gasteiger partial charge on any atom is 0.509 e. The molecule has 4 rings (SSSR count). The summed E-state index contributed by atoms with van der Waals surface area (Å²) in [5.74, 6) is -0.294. The number of likely N-dealkylation sites (N-methyl/N-ethyl adjacent to an activating group) is 1. The first kappa shape index (κ1) is 18.7. The number of carbonyl (C=O) groups is 3.